The smallest absolute Gasteiger partial charge is 0.321 e. The molecule has 3 amide bonds. The molecule has 0 spiro atoms. The molecule has 4 N–H and O–H groups in total. The largest absolute Gasteiger partial charge is 0.483 e. The standard InChI is InChI=1S/C11H15N3O3/c1-7-5-8(12)3-4-9(7)17-6-10(15)14-11(16)13-2/h3-5H,6,12H2,1-2H3,(H2,13,14,15,16). The van der Waals surface area contributed by atoms with Crippen molar-refractivity contribution in [2.24, 2.45) is 0 Å². The maximum absolute atomic E-state index is 11.2. The topological polar surface area (TPSA) is 93.5 Å². The first-order chi connectivity index (χ1) is 8.02. The van der Waals surface area contributed by atoms with Gasteiger partial charge in [-0.15, -0.1) is 0 Å². The summed E-state index contributed by atoms with van der Waals surface area (Å²) < 4.78 is 5.25. The maximum Gasteiger partial charge on any atom is 0.321 e. The van der Waals surface area contributed by atoms with E-state index in [4.69, 9.17) is 10.5 Å². The summed E-state index contributed by atoms with van der Waals surface area (Å²) in [5, 5.41) is 4.36. The van der Waals surface area contributed by atoms with E-state index in [1.165, 1.54) is 7.05 Å². The number of rotatable bonds is 3. The van der Waals surface area contributed by atoms with E-state index >= 15 is 0 Å². The molecule has 1 aromatic rings. The molecule has 0 saturated carbocycles. The number of carbonyl (C=O) groups is 2. The SMILES string of the molecule is CNC(=O)NC(=O)COc1ccc(N)cc1C. The molecule has 0 aliphatic rings. The number of nitrogens with one attached hydrogen (secondary N) is 2. The van der Waals surface area contributed by atoms with E-state index in [-0.39, 0.29) is 6.61 Å². The van der Waals surface area contributed by atoms with Gasteiger partial charge >= 0.3 is 6.03 Å². The zero-order valence-electron chi connectivity index (χ0n) is 9.74. The van der Waals surface area contributed by atoms with Gasteiger partial charge in [-0.3, -0.25) is 10.1 Å². The Balaban J connectivity index is 2.50. The minimum atomic E-state index is -0.562. The van der Waals surface area contributed by atoms with Crippen molar-refractivity contribution in [3.63, 3.8) is 0 Å². The molecular weight excluding hydrogens is 222 g/mol. The number of hydrogen-bond donors (Lipinski definition) is 3. The lowest BCUT2D eigenvalue weighted by Gasteiger charge is -2.09. The Kier molecular flexibility index (Phi) is 4.33. The van der Waals surface area contributed by atoms with Crippen molar-refractivity contribution in [1.82, 2.24) is 10.6 Å². The van der Waals surface area contributed by atoms with Crippen LogP contribution in [0.2, 0.25) is 0 Å². The van der Waals surface area contributed by atoms with E-state index < -0.39 is 11.9 Å². The van der Waals surface area contributed by atoms with Crippen molar-refractivity contribution >= 4 is 17.6 Å². The van der Waals surface area contributed by atoms with Gasteiger partial charge in [0.2, 0.25) is 0 Å². The number of aryl methyl sites for hydroxylation is 1. The Morgan fingerprint density at radius 1 is 1.41 bits per heavy atom. The molecule has 92 valence electrons. The third-order valence-corrected chi connectivity index (χ3v) is 2.04. The van der Waals surface area contributed by atoms with Crippen LogP contribution in [0.15, 0.2) is 18.2 Å². The number of urea groups is 1. The van der Waals surface area contributed by atoms with Gasteiger partial charge in [-0.2, -0.15) is 0 Å². The third kappa shape index (κ3) is 4.02. The molecule has 0 fully saturated rings. The first kappa shape index (κ1) is 12.8. The molecule has 0 saturated heterocycles. The number of amides is 3. The van der Waals surface area contributed by atoms with Crippen LogP contribution in [-0.2, 0) is 4.79 Å². The van der Waals surface area contributed by atoms with Crippen LogP contribution in [0.25, 0.3) is 0 Å². The molecule has 0 aliphatic heterocycles. The number of nitrogens with two attached hydrogens (primary N) is 1. The number of benzene rings is 1. The number of anilines is 1. The summed E-state index contributed by atoms with van der Waals surface area (Å²) in [4.78, 5) is 22.1. The second-order valence-corrected chi connectivity index (χ2v) is 3.44. The molecule has 1 rings (SSSR count). The van der Waals surface area contributed by atoms with Crippen LogP contribution in [0.1, 0.15) is 5.56 Å². The van der Waals surface area contributed by atoms with E-state index in [9.17, 15) is 9.59 Å². The van der Waals surface area contributed by atoms with E-state index in [0.717, 1.165) is 5.56 Å². The van der Waals surface area contributed by atoms with Crippen LogP contribution in [0.3, 0.4) is 0 Å². The molecule has 0 radical (unpaired) electrons. The van der Waals surface area contributed by atoms with E-state index in [1.54, 1.807) is 18.2 Å². The summed E-state index contributed by atoms with van der Waals surface area (Å²) in [5.41, 5.74) is 7.04. The van der Waals surface area contributed by atoms with Gasteiger partial charge in [0.1, 0.15) is 5.75 Å². The Hall–Kier alpha value is -2.24. The fourth-order valence-electron chi connectivity index (χ4n) is 1.20. The molecule has 0 heterocycles. The summed E-state index contributed by atoms with van der Waals surface area (Å²) in [5.74, 6) is 0.0480. The third-order valence-electron chi connectivity index (χ3n) is 2.04. The molecule has 6 heteroatoms. The molecule has 17 heavy (non-hydrogen) atoms. The summed E-state index contributed by atoms with van der Waals surface area (Å²) in [7, 11) is 1.42. The first-order valence-corrected chi connectivity index (χ1v) is 5.03. The van der Waals surface area contributed by atoms with Crippen LogP contribution < -0.4 is 21.1 Å². The molecule has 0 aliphatic carbocycles. The lowest BCUT2D eigenvalue weighted by atomic mass is 10.2. The minimum absolute atomic E-state index is 0.224. The fraction of sp³-hybridized carbons (Fsp3) is 0.273. The summed E-state index contributed by atoms with van der Waals surface area (Å²) in [6.45, 7) is 1.60. The quantitative estimate of drug-likeness (QED) is 0.664. The van der Waals surface area contributed by atoms with Crippen molar-refractivity contribution in [2.45, 2.75) is 6.92 Å². The van der Waals surface area contributed by atoms with Gasteiger partial charge in [0.05, 0.1) is 0 Å². The van der Waals surface area contributed by atoms with Gasteiger partial charge < -0.3 is 15.8 Å². The van der Waals surface area contributed by atoms with E-state index in [1.807, 2.05) is 6.92 Å². The number of hydrogen-bond acceptors (Lipinski definition) is 4. The average Bonchev–Trinajstić information content (AvgIpc) is 2.27. The highest BCUT2D eigenvalue weighted by atomic mass is 16.5. The molecular formula is C11H15N3O3. The lowest BCUT2D eigenvalue weighted by Crippen LogP contribution is -2.39. The van der Waals surface area contributed by atoms with Gasteiger partial charge in [-0.05, 0) is 30.7 Å². The second kappa shape index (κ2) is 5.74. The van der Waals surface area contributed by atoms with Crippen LogP contribution in [0.5, 0.6) is 5.75 Å². The second-order valence-electron chi connectivity index (χ2n) is 3.44. The van der Waals surface area contributed by atoms with E-state index in [2.05, 4.69) is 10.6 Å². The molecule has 1 aromatic carbocycles. The zero-order chi connectivity index (χ0) is 12.8. The van der Waals surface area contributed by atoms with Crippen molar-refractivity contribution < 1.29 is 14.3 Å². The van der Waals surface area contributed by atoms with Gasteiger partial charge in [0, 0.05) is 12.7 Å². The van der Waals surface area contributed by atoms with Gasteiger partial charge in [-0.1, -0.05) is 0 Å². The highest BCUT2D eigenvalue weighted by molar-refractivity contribution is 5.94. The van der Waals surface area contributed by atoms with Crippen LogP contribution in [0.4, 0.5) is 10.5 Å². The predicted octanol–water partition coefficient (Wildman–Crippen LogP) is 0.412. The first-order valence-electron chi connectivity index (χ1n) is 5.03. The maximum atomic E-state index is 11.2. The van der Waals surface area contributed by atoms with Crippen molar-refractivity contribution in [3.8, 4) is 5.75 Å². The Morgan fingerprint density at radius 3 is 2.71 bits per heavy atom. The summed E-state index contributed by atoms with van der Waals surface area (Å²) in [6.07, 6.45) is 0. The molecule has 0 unspecified atom stereocenters. The van der Waals surface area contributed by atoms with Gasteiger partial charge in [-0.25, -0.2) is 4.79 Å². The van der Waals surface area contributed by atoms with E-state index in [0.29, 0.717) is 11.4 Å². The Morgan fingerprint density at radius 2 is 2.12 bits per heavy atom. The van der Waals surface area contributed by atoms with Crippen LogP contribution in [-0.4, -0.2) is 25.6 Å². The molecule has 0 atom stereocenters. The highest BCUT2D eigenvalue weighted by Gasteiger charge is 2.07. The number of carbonyl (C=O) groups excluding carboxylic acids is 2. The minimum Gasteiger partial charge on any atom is -0.483 e. The highest BCUT2D eigenvalue weighted by Crippen LogP contribution is 2.19. The number of ether oxygens (including phenoxy) is 1. The summed E-state index contributed by atoms with van der Waals surface area (Å²) >= 11 is 0. The Bertz CT molecular complexity index is 432. The van der Waals surface area contributed by atoms with Crippen LogP contribution in [0, 0.1) is 6.92 Å². The molecule has 0 bridgehead atoms. The van der Waals surface area contributed by atoms with Crippen LogP contribution >= 0.6 is 0 Å². The zero-order valence-corrected chi connectivity index (χ0v) is 9.74. The van der Waals surface area contributed by atoms with Crippen molar-refractivity contribution in [1.29, 1.82) is 0 Å². The summed E-state index contributed by atoms with van der Waals surface area (Å²) in [6, 6.07) is 4.54. The monoisotopic (exact) mass is 237 g/mol. The van der Waals surface area contributed by atoms with Crippen molar-refractivity contribution in [3.05, 3.63) is 23.8 Å². The number of imide groups is 1. The number of nitrogen functional groups attached to an aromatic ring is 1. The van der Waals surface area contributed by atoms with Gasteiger partial charge in [0.25, 0.3) is 5.91 Å². The Labute approximate surface area is 99.1 Å². The molecule has 0 aromatic heterocycles. The lowest BCUT2D eigenvalue weighted by molar-refractivity contribution is -0.122. The van der Waals surface area contributed by atoms with Crippen molar-refractivity contribution in [2.75, 3.05) is 19.4 Å². The predicted molar refractivity (Wildman–Crippen MR) is 63.7 cm³/mol. The average molecular weight is 237 g/mol. The fourth-order valence-corrected chi connectivity index (χ4v) is 1.20. The normalized spacial score (nSPS) is 9.53. The molecule has 6 nitrogen and oxygen atoms in total. The van der Waals surface area contributed by atoms with Gasteiger partial charge in [0.15, 0.2) is 6.61 Å².